The van der Waals surface area contributed by atoms with Crippen molar-refractivity contribution in [3.05, 3.63) is 30.2 Å². The molecule has 0 aromatic carbocycles. The summed E-state index contributed by atoms with van der Waals surface area (Å²) in [5.74, 6) is 0.308. The van der Waals surface area contributed by atoms with Gasteiger partial charge >= 0.3 is 6.09 Å². The molecular formula is C26H37N5O3. The number of nitrogens with one attached hydrogen (secondary N) is 2. The van der Waals surface area contributed by atoms with Crippen LogP contribution >= 0.6 is 0 Å². The van der Waals surface area contributed by atoms with Gasteiger partial charge in [-0.05, 0) is 76.0 Å². The van der Waals surface area contributed by atoms with Crippen LogP contribution in [0.5, 0.6) is 0 Å². The molecule has 3 heterocycles. The number of carbonyl (C=O) groups excluding carboxylic acids is 2. The van der Waals surface area contributed by atoms with Gasteiger partial charge in [0.15, 0.2) is 0 Å². The van der Waals surface area contributed by atoms with Crippen molar-refractivity contribution in [2.45, 2.75) is 91.3 Å². The first-order valence-electron chi connectivity index (χ1n) is 12.3. The van der Waals surface area contributed by atoms with Crippen molar-refractivity contribution in [2.24, 2.45) is 11.3 Å². The van der Waals surface area contributed by atoms with Crippen molar-refractivity contribution in [2.75, 3.05) is 5.32 Å². The zero-order chi connectivity index (χ0) is 24.5. The van der Waals surface area contributed by atoms with Crippen molar-refractivity contribution < 1.29 is 14.3 Å². The van der Waals surface area contributed by atoms with Gasteiger partial charge < -0.3 is 15.4 Å². The summed E-state index contributed by atoms with van der Waals surface area (Å²) in [4.78, 5) is 29.6. The summed E-state index contributed by atoms with van der Waals surface area (Å²) in [6.07, 6.45) is 8.43. The first-order valence-corrected chi connectivity index (χ1v) is 12.3. The number of fused-ring (bicyclic) bond motifs is 1. The van der Waals surface area contributed by atoms with Crippen LogP contribution in [0.1, 0.15) is 72.4 Å². The van der Waals surface area contributed by atoms with Gasteiger partial charge in [-0.2, -0.15) is 5.10 Å². The van der Waals surface area contributed by atoms with E-state index >= 15 is 0 Å². The summed E-state index contributed by atoms with van der Waals surface area (Å²) < 4.78 is 7.46. The first-order chi connectivity index (χ1) is 16.0. The van der Waals surface area contributed by atoms with Gasteiger partial charge in [-0.25, -0.2) is 9.78 Å². The van der Waals surface area contributed by atoms with E-state index in [-0.39, 0.29) is 23.3 Å². The van der Waals surface area contributed by atoms with Crippen LogP contribution in [-0.4, -0.2) is 38.4 Å². The quantitative estimate of drug-likeness (QED) is 0.664. The van der Waals surface area contributed by atoms with E-state index in [0.717, 1.165) is 49.8 Å². The highest BCUT2D eigenvalue weighted by molar-refractivity contribution is 5.92. The Balaban J connectivity index is 1.40. The number of hydrogen-bond donors (Lipinski definition) is 2. The zero-order valence-corrected chi connectivity index (χ0v) is 21.0. The van der Waals surface area contributed by atoms with Crippen molar-refractivity contribution in [3.8, 4) is 11.1 Å². The number of nitrogens with zero attached hydrogens (tertiary/aromatic N) is 3. The molecule has 2 aliphatic rings. The summed E-state index contributed by atoms with van der Waals surface area (Å²) in [5.41, 5.74) is 3.06. The number of carbonyl (C=O) groups is 2. The number of rotatable bonds is 4. The SMILES string of the molecule is CC1(C)CCn2ncc(-c3ccnc(NC(=O)[C@H]4CCC[C@@H](NC(=O)OC(C)(C)C)C4)c3)c2C1. The summed E-state index contributed by atoms with van der Waals surface area (Å²) in [7, 11) is 0. The summed E-state index contributed by atoms with van der Waals surface area (Å²) in [5, 5.41) is 10.5. The molecule has 4 rings (SSSR count). The largest absolute Gasteiger partial charge is 0.444 e. The number of pyridine rings is 1. The van der Waals surface area contributed by atoms with Crippen LogP contribution in [0.4, 0.5) is 10.6 Å². The highest BCUT2D eigenvalue weighted by Gasteiger charge is 2.30. The van der Waals surface area contributed by atoms with E-state index in [4.69, 9.17) is 4.74 Å². The Bertz CT molecular complexity index is 1050. The smallest absolute Gasteiger partial charge is 0.407 e. The van der Waals surface area contributed by atoms with Crippen molar-refractivity contribution in [1.82, 2.24) is 20.1 Å². The summed E-state index contributed by atoms with van der Waals surface area (Å²) >= 11 is 0. The van der Waals surface area contributed by atoms with Gasteiger partial charge in [0.25, 0.3) is 0 Å². The first kappa shape index (κ1) is 24.2. The van der Waals surface area contributed by atoms with Crippen molar-refractivity contribution in [3.63, 3.8) is 0 Å². The average Bonchev–Trinajstić information content (AvgIpc) is 3.14. The normalized spacial score (nSPS) is 21.9. The molecule has 2 aromatic rings. The van der Waals surface area contributed by atoms with Crippen LogP contribution in [0.2, 0.25) is 0 Å². The van der Waals surface area contributed by atoms with Crippen LogP contribution in [0.3, 0.4) is 0 Å². The number of aromatic nitrogens is 3. The standard InChI is InChI=1S/C26H37N5O3/c1-25(2,3)34-24(33)29-19-8-6-7-18(13-19)23(32)30-22-14-17(9-11-27-22)20-16-28-31-12-10-26(4,5)15-21(20)31/h9,11,14,16,18-19H,6-8,10,12-13,15H2,1-5H3,(H,29,33)(H,27,30,32)/t18-,19+/m0/s1. The van der Waals surface area contributed by atoms with E-state index in [9.17, 15) is 9.59 Å². The fraction of sp³-hybridized carbons (Fsp3) is 0.615. The minimum absolute atomic E-state index is 0.0569. The molecule has 1 aliphatic carbocycles. The highest BCUT2D eigenvalue weighted by Crippen LogP contribution is 2.36. The lowest BCUT2D eigenvalue weighted by Gasteiger charge is -2.30. The lowest BCUT2D eigenvalue weighted by molar-refractivity contribution is -0.121. The molecule has 2 aromatic heterocycles. The van der Waals surface area contributed by atoms with Crippen LogP contribution < -0.4 is 10.6 Å². The zero-order valence-electron chi connectivity index (χ0n) is 21.0. The lowest BCUT2D eigenvalue weighted by Crippen LogP contribution is -2.43. The fourth-order valence-corrected chi connectivity index (χ4v) is 4.91. The number of hydrogen-bond acceptors (Lipinski definition) is 5. The second-order valence-electron chi connectivity index (χ2n) is 11.4. The molecule has 2 atom stereocenters. The van der Waals surface area contributed by atoms with Gasteiger partial charge in [-0.3, -0.25) is 9.48 Å². The number of aryl methyl sites for hydroxylation is 1. The van der Waals surface area contributed by atoms with Crippen molar-refractivity contribution in [1.29, 1.82) is 0 Å². The Morgan fingerprint density at radius 3 is 2.79 bits per heavy atom. The minimum Gasteiger partial charge on any atom is -0.444 e. The molecule has 34 heavy (non-hydrogen) atoms. The number of anilines is 1. The molecule has 1 fully saturated rings. The summed E-state index contributed by atoms with van der Waals surface area (Å²) in [6.45, 7) is 11.0. The molecule has 0 bridgehead atoms. The molecule has 2 N–H and O–H groups in total. The molecule has 8 heteroatoms. The number of amides is 2. The second-order valence-corrected chi connectivity index (χ2v) is 11.4. The maximum atomic E-state index is 13.0. The third kappa shape index (κ3) is 5.96. The monoisotopic (exact) mass is 467 g/mol. The van der Waals surface area contributed by atoms with Gasteiger partial charge in [0.1, 0.15) is 11.4 Å². The Labute approximate surface area is 201 Å². The van der Waals surface area contributed by atoms with Gasteiger partial charge in [-0.1, -0.05) is 20.3 Å². The molecule has 0 spiro atoms. The van der Waals surface area contributed by atoms with Crippen LogP contribution in [-0.2, 0) is 22.5 Å². The lowest BCUT2D eigenvalue weighted by atomic mass is 9.81. The van der Waals surface area contributed by atoms with Gasteiger partial charge in [-0.15, -0.1) is 0 Å². The molecule has 0 radical (unpaired) electrons. The maximum Gasteiger partial charge on any atom is 0.407 e. The molecule has 2 amide bonds. The van der Waals surface area contributed by atoms with E-state index in [1.54, 1.807) is 6.20 Å². The van der Waals surface area contributed by atoms with E-state index in [2.05, 4.69) is 39.2 Å². The van der Waals surface area contributed by atoms with Gasteiger partial charge in [0.2, 0.25) is 5.91 Å². The number of ether oxygens (including phenoxy) is 1. The highest BCUT2D eigenvalue weighted by atomic mass is 16.6. The average molecular weight is 468 g/mol. The predicted molar refractivity (Wildman–Crippen MR) is 131 cm³/mol. The van der Waals surface area contributed by atoms with Gasteiger partial charge in [0, 0.05) is 36.0 Å². The van der Waals surface area contributed by atoms with Crippen LogP contribution in [0, 0.1) is 11.3 Å². The topological polar surface area (TPSA) is 98.1 Å². The molecule has 1 aliphatic heterocycles. The maximum absolute atomic E-state index is 13.0. The third-order valence-electron chi connectivity index (χ3n) is 6.68. The van der Waals surface area contributed by atoms with E-state index in [1.165, 1.54) is 5.69 Å². The Morgan fingerprint density at radius 2 is 2.03 bits per heavy atom. The van der Waals surface area contributed by atoms with Crippen molar-refractivity contribution >= 4 is 17.8 Å². The van der Waals surface area contributed by atoms with E-state index in [1.807, 2.05) is 39.1 Å². The van der Waals surface area contributed by atoms with E-state index in [0.29, 0.717) is 12.2 Å². The Kier molecular flexibility index (Phi) is 6.69. The van der Waals surface area contributed by atoms with Crippen LogP contribution in [0.15, 0.2) is 24.5 Å². The van der Waals surface area contributed by atoms with Crippen LogP contribution in [0.25, 0.3) is 11.1 Å². The molecule has 1 saturated carbocycles. The molecule has 0 saturated heterocycles. The summed E-state index contributed by atoms with van der Waals surface area (Å²) in [6, 6.07) is 3.83. The predicted octanol–water partition coefficient (Wildman–Crippen LogP) is 4.94. The second kappa shape index (κ2) is 9.39. The third-order valence-corrected chi connectivity index (χ3v) is 6.68. The van der Waals surface area contributed by atoms with Gasteiger partial charge in [0.05, 0.1) is 6.20 Å². The molecule has 0 unspecified atom stereocenters. The Hall–Kier alpha value is -2.90. The molecular weight excluding hydrogens is 430 g/mol. The molecule has 8 nitrogen and oxygen atoms in total. The molecule has 184 valence electrons. The number of alkyl carbamates (subject to hydrolysis) is 1. The van der Waals surface area contributed by atoms with E-state index < -0.39 is 11.7 Å². The fourth-order valence-electron chi connectivity index (χ4n) is 4.91. The minimum atomic E-state index is -0.545. The Morgan fingerprint density at radius 1 is 1.24 bits per heavy atom.